The van der Waals surface area contributed by atoms with Crippen LogP contribution >= 0.6 is 0 Å². The molecule has 1 aromatic carbocycles. The van der Waals surface area contributed by atoms with Gasteiger partial charge in [0.05, 0.1) is 13.2 Å². The van der Waals surface area contributed by atoms with Gasteiger partial charge in [0.2, 0.25) is 5.91 Å². The number of carbonyl (C=O) groups excluding carboxylic acids is 1. The molecule has 0 heterocycles. The molecular weight excluding hydrogens is 235 g/mol. The minimum Gasteiger partial charge on any atom is -0.494 e. The van der Waals surface area contributed by atoms with Gasteiger partial charge >= 0.3 is 0 Å². The van der Waals surface area contributed by atoms with Crippen molar-refractivity contribution < 1.29 is 13.9 Å². The monoisotopic (exact) mass is 254 g/mol. The van der Waals surface area contributed by atoms with Gasteiger partial charge in [0.15, 0.2) is 11.6 Å². The molecule has 1 aromatic rings. The number of unbranched alkanes of at least 4 members (excludes halogenated alkanes) is 1. The van der Waals surface area contributed by atoms with E-state index in [1.807, 2.05) is 6.92 Å². The number of carbonyl (C=O) groups is 1. The summed E-state index contributed by atoms with van der Waals surface area (Å²) in [5.41, 5.74) is 6.09. The Morgan fingerprint density at radius 3 is 2.83 bits per heavy atom. The first kappa shape index (κ1) is 14.4. The summed E-state index contributed by atoms with van der Waals surface area (Å²) in [6.45, 7) is 2.03. The highest BCUT2D eigenvalue weighted by Crippen LogP contribution is 2.20. The molecule has 0 aliphatic rings. The van der Waals surface area contributed by atoms with Crippen LogP contribution in [0.25, 0.3) is 0 Å². The highest BCUT2D eigenvalue weighted by atomic mass is 19.1. The third-order valence-electron chi connectivity index (χ3n) is 2.62. The molecule has 4 nitrogen and oxygen atoms in total. The number of amides is 1. The zero-order valence-electron chi connectivity index (χ0n) is 10.7. The van der Waals surface area contributed by atoms with Crippen LogP contribution in [0.2, 0.25) is 0 Å². The molecule has 0 bridgehead atoms. The molecule has 1 unspecified atom stereocenters. The first-order valence-electron chi connectivity index (χ1n) is 5.98. The Hall–Kier alpha value is -1.62. The van der Waals surface area contributed by atoms with Gasteiger partial charge in [-0.3, -0.25) is 4.79 Å². The lowest BCUT2D eigenvalue weighted by Crippen LogP contribution is -2.35. The SMILES string of the molecule is CCCCC(N)C(=O)Nc1ccc(OC)c(F)c1. The first-order valence-corrected chi connectivity index (χ1v) is 5.98. The van der Waals surface area contributed by atoms with Crippen molar-refractivity contribution in [2.45, 2.75) is 32.2 Å². The van der Waals surface area contributed by atoms with E-state index in [-0.39, 0.29) is 11.7 Å². The summed E-state index contributed by atoms with van der Waals surface area (Å²) in [6, 6.07) is 3.69. The second kappa shape index (κ2) is 6.96. The van der Waals surface area contributed by atoms with E-state index in [9.17, 15) is 9.18 Å². The highest BCUT2D eigenvalue weighted by molar-refractivity contribution is 5.94. The number of rotatable bonds is 6. The van der Waals surface area contributed by atoms with E-state index in [0.29, 0.717) is 12.1 Å². The van der Waals surface area contributed by atoms with Gasteiger partial charge in [-0.25, -0.2) is 4.39 Å². The Labute approximate surface area is 106 Å². The molecule has 5 heteroatoms. The van der Waals surface area contributed by atoms with Crippen molar-refractivity contribution in [2.75, 3.05) is 12.4 Å². The number of hydrogen-bond acceptors (Lipinski definition) is 3. The van der Waals surface area contributed by atoms with Crippen molar-refractivity contribution in [3.05, 3.63) is 24.0 Å². The maximum atomic E-state index is 13.4. The average molecular weight is 254 g/mol. The van der Waals surface area contributed by atoms with E-state index in [2.05, 4.69) is 5.32 Å². The highest BCUT2D eigenvalue weighted by Gasteiger charge is 2.13. The normalized spacial score (nSPS) is 12.0. The van der Waals surface area contributed by atoms with Crippen molar-refractivity contribution in [3.63, 3.8) is 0 Å². The lowest BCUT2D eigenvalue weighted by Gasteiger charge is -2.12. The molecule has 1 rings (SSSR count). The van der Waals surface area contributed by atoms with E-state index >= 15 is 0 Å². The third-order valence-corrected chi connectivity index (χ3v) is 2.62. The van der Waals surface area contributed by atoms with Crippen molar-refractivity contribution in [2.24, 2.45) is 5.73 Å². The van der Waals surface area contributed by atoms with Crippen molar-refractivity contribution in [1.29, 1.82) is 0 Å². The largest absolute Gasteiger partial charge is 0.494 e. The minimum atomic E-state index is -0.560. The first-order chi connectivity index (χ1) is 8.58. The van der Waals surface area contributed by atoms with Crippen molar-refractivity contribution in [3.8, 4) is 5.75 Å². The second-order valence-corrected chi connectivity index (χ2v) is 4.09. The summed E-state index contributed by atoms with van der Waals surface area (Å²) < 4.78 is 18.2. The number of nitrogens with two attached hydrogens (primary N) is 1. The summed E-state index contributed by atoms with van der Waals surface area (Å²) in [4.78, 5) is 11.7. The van der Waals surface area contributed by atoms with Crippen LogP contribution in [0.5, 0.6) is 5.75 Å². The van der Waals surface area contributed by atoms with E-state index in [1.165, 1.54) is 19.2 Å². The molecule has 0 saturated carbocycles. The van der Waals surface area contributed by atoms with E-state index in [4.69, 9.17) is 10.5 Å². The fourth-order valence-corrected chi connectivity index (χ4v) is 1.53. The molecule has 1 atom stereocenters. The number of anilines is 1. The van der Waals surface area contributed by atoms with Crippen LogP contribution in [0.4, 0.5) is 10.1 Å². The van der Waals surface area contributed by atoms with Crippen molar-refractivity contribution >= 4 is 11.6 Å². The Morgan fingerprint density at radius 2 is 2.28 bits per heavy atom. The molecule has 0 aromatic heterocycles. The lowest BCUT2D eigenvalue weighted by molar-refractivity contribution is -0.117. The fourth-order valence-electron chi connectivity index (χ4n) is 1.53. The van der Waals surface area contributed by atoms with Gasteiger partial charge in [0.1, 0.15) is 0 Å². The van der Waals surface area contributed by atoms with Crippen LogP contribution in [0.3, 0.4) is 0 Å². The van der Waals surface area contributed by atoms with Crippen LogP contribution < -0.4 is 15.8 Å². The fraction of sp³-hybridized carbons (Fsp3) is 0.462. The van der Waals surface area contributed by atoms with Gasteiger partial charge in [-0.2, -0.15) is 0 Å². The number of hydrogen-bond donors (Lipinski definition) is 2. The second-order valence-electron chi connectivity index (χ2n) is 4.09. The van der Waals surface area contributed by atoms with Gasteiger partial charge < -0.3 is 15.8 Å². The summed E-state index contributed by atoms with van der Waals surface area (Å²) in [7, 11) is 1.39. The summed E-state index contributed by atoms with van der Waals surface area (Å²) in [5.74, 6) is -0.672. The molecule has 1 amide bonds. The predicted octanol–water partition coefficient (Wildman–Crippen LogP) is 2.29. The maximum Gasteiger partial charge on any atom is 0.241 e. The molecule has 0 aliphatic carbocycles. The number of methoxy groups -OCH3 is 1. The number of nitrogens with one attached hydrogen (secondary N) is 1. The molecule has 18 heavy (non-hydrogen) atoms. The molecule has 0 fully saturated rings. The molecule has 0 saturated heterocycles. The Morgan fingerprint density at radius 1 is 1.56 bits per heavy atom. The topological polar surface area (TPSA) is 64.4 Å². The number of benzene rings is 1. The zero-order chi connectivity index (χ0) is 13.5. The molecule has 0 radical (unpaired) electrons. The standard InChI is InChI=1S/C13H19FN2O2/c1-3-4-5-11(15)13(17)16-9-6-7-12(18-2)10(14)8-9/h6-8,11H,3-5,15H2,1-2H3,(H,16,17). The molecule has 100 valence electrons. The van der Waals surface area contributed by atoms with Gasteiger partial charge in [-0.1, -0.05) is 19.8 Å². The van der Waals surface area contributed by atoms with Crippen LogP contribution in [-0.2, 0) is 4.79 Å². The number of ether oxygens (including phenoxy) is 1. The summed E-state index contributed by atoms with van der Waals surface area (Å²) >= 11 is 0. The van der Waals surface area contributed by atoms with Crippen LogP contribution in [-0.4, -0.2) is 19.1 Å². The lowest BCUT2D eigenvalue weighted by atomic mass is 10.1. The van der Waals surface area contributed by atoms with Gasteiger partial charge in [0.25, 0.3) is 0 Å². The molecular formula is C13H19FN2O2. The summed E-state index contributed by atoms with van der Waals surface area (Å²) in [5, 5.41) is 2.58. The Bertz CT molecular complexity index is 410. The smallest absolute Gasteiger partial charge is 0.241 e. The minimum absolute atomic E-state index is 0.142. The van der Waals surface area contributed by atoms with Crippen LogP contribution in [0, 0.1) is 5.82 Å². The quantitative estimate of drug-likeness (QED) is 0.818. The number of halogens is 1. The predicted molar refractivity (Wildman–Crippen MR) is 69.1 cm³/mol. The van der Waals surface area contributed by atoms with Gasteiger partial charge in [0, 0.05) is 11.8 Å². The average Bonchev–Trinajstić information content (AvgIpc) is 2.36. The third kappa shape index (κ3) is 4.00. The van der Waals surface area contributed by atoms with Crippen LogP contribution in [0.1, 0.15) is 26.2 Å². The molecule has 0 spiro atoms. The van der Waals surface area contributed by atoms with Crippen LogP contribution in [0.15, 0.2) is 18.2 Å². The van der Waals surface area contributed by atoms with Gasteiger partial charge in [-0.15, -0.1) is 0 Å². The summed E-state index contributed by atoms with van der Waals surface area (Å²) in [6.07, 6.45) is 2.50. The van der Waals surface area contributed by atoms with E-state index in [1.54, 1.807) is 6.07 Å². The molecule has 0 aliphatic heterocycles. The van der Waals surface area contributed by atoms with Crippen molar-refractivity contribution in [1.82, 2.24) is 0 Å². The van der Waals surface area contributed by atoms with Gasteiger partial charge in [-0.05, 0) is 18.6 Å². The zero-order valence-corrected chi connectivity index (χ0v) is 10.7. The maximum absolute atomic E-state index is 13.4. The van der Waals surface area contributed by atoms with E-state index in [0.717, 1.165) is 12.8 Å². The van der Waals surface area contributed by atoms with E-state index < -0.39 is 11.9 Å². The Kier molecular flexibility index (Phi) is 5.58. The Balaban J connectivity index is 2.61. The molecule has 3 N–H and O–H groups in total.